The summed E-state index contributed by atoms with van der Waals surface area (Å²) in [4.78, 5) is 2.46. The fourth-order valence-corrected chi connectivity index (χ4v) is 1.40. The van der Waals surface area contributed by atoms with E-state index in [9.17, 15) is 0 Å². The Balaban J connectivity index is 3.27. The molecule has 70 valence electrons. The van der Waals surface area contributed by atoms with Crippen LogP contribution in [0.5, 0.6) is 0 Å². The molecule has 0 aliphatic heterocycles. The van der Waals surface area contributed by atoms with Gasteiger partial charge in [0.2, 0.25) is 0 Å². The van der Waals surface area contributed by atoms with Gasteiger partial charge in [0.25, 0.3) is 0 Å². The second kappa shape index (κ2) is 3.75. The minimum absolute atomic E-state index is 0.451. The highest BCUT2D eigenvalue weighted by atomic mass is 32.1. The van der Waals surface area contributed by atoms with Gasteiger partial charge in [-0.15, -0.1) is 0 Å². The minimum atomic E-state index is 0.451. The van der Waals surface area contributed by atoms with Crippen LogP contribution in [0.3, 0.4) is 0 Å². The van der Waals surface area contributed by atoms with E-state index in [1.807, 2.05) is 38.1 Å². The summed E-state index contributed by atoms with van der Waals surface area (Å²) in [6.45, 7) is 2.03. The lowest BCUT2D eigenvalue weighted by Gasteiger charge is -2.17. The number of nitrogens with two attached hydrogens (primary N) is 1. The van der Waals surface area contributed by atoms with Crippen molar-refractivity contribution in [1.29, 1.82) is 0 Å². The van der Waals surface area contributed by atoms with Gasteiger partial charge in [0.1, 0.15) is 4.99 Å². The molecule has 0 saturated carbocycles. The Morgan fingerprint density at radius 1 is 1.38 bits per heavy atom. The van der Waals surface area contributed by atoms with Crippen molar-refractivity contribution in [1.82, 2.24) is 0 Å². The van der Waals surface area contributed by atoms with Crippen LogP contribution in [0.4, 0.5) is 5.69 Å². The lowest BCUT2D eigenvalue weighted by molar-refractivity contribution is 1.12. The molecule has 0 radical (unpaired) electrons. The second-order valence-corrected chi connectivity index (χ2v) is 3.72. The minimum Gasteiger partial charge on any atom is -0.389 e. The van der Waals surface area contributed by atoms with Gasteiger partial charge < -0.3 is 10.6 Å². The van der Waals surface area contributed by atoms with Gasteiger partial charge in [-0.05, 0) is 19.1 Å². The fourth-order valence-electron chi connectivity index (χ4n) is 1.24. The van der Waals surface area contributed by atoms with Gasteiger partial charge in [-0.25, -0.2) is 0 Å². The Kier molecular flexibility index (Phi) is 2.88. The first kappa shape index (κ1) is 9.99. The Morgan fingerprint density at radius 3 is 2.46 bits per heavy atom. The molecule has 0 heterocycles. The van der Waals surface area contributed by atoms with Crippen LogP contribution in [0, 0.1) is 6.92 Å². The normalized spacial score (nSPS) is 9.77. The van der Waals surface area contributed by atoms with E-state index in [0.717, 1.165) is 11.3 Å². The van der Waals surface area contributed by atoms with E-state index in [4.69, 9.17) is 18.0 Å². The maximum atomic E-state index is 5.63. The summed E-state index contributed by atoms with van der Waals surface area (Å²) in [6.07, 6.45) is 0. The molecule has 2 N–H and O–H groups in total. The molecule has 1 aromatic carbocycles. The SMILES string of the molecule is Cc1ccc(N(C)C)c(C(N)=S)c1. The smallest absolute Gasteiger partial charge is 0.106 e. The molecule has 1 aromatic rings. The van der Waals surface area contributed by atoms with Crippen LogP contribution in [-0.4, -0.2) is 19.1 Å². The highest BCUT2D eigenvalue weighted by Crippen LogP contribution is 2.19. The van der Waals surface area contributed by atoms with Crippen LogP contribution in [-0.2, 0) is 0 Å². The molecule has 2 nitrogen and oxygen atoms in total. The fraction of sp³-hybridized carbons (Fsp3) is 0.300. The van der Waals surface area contributed by atoms with Crippen molar-refractivity contribution in [3.63, 3.8) is 0 Å². The average molecular weight is 194 g/mol. The Labute approximate surface area is 84.3 Å². The Hall–Kier alpha value is -1.09. The number of nitrogens with zero attached hydrogens (tertiary/aromatic N) is 1. The molecule has 0 aliphatic rings. The van der Waals surface area contributed by atoms with Crippen LogP contribution in [0.2, 0.25) is 0 Å². The van der Waals surface area contributed by atoms with E-state index < -0.39 is 0 Å². The number of hydrogen-bond donors (Lipinski definition) is 1. The summed E-state index contributed by atoms with van der Waals surface area (Å²) in [6, 6.07) is 6.10. The molecule has 0 aliphatic carbocycles. The summed E-state index contributed by atoms with van der Waals surface area (Å²) in [5, 5.41) is 0. The molecular weight excluding hydrogens is 180 g/mol. The van der Waals surface area contributed by atoms with Crippen molar-refractivity contribution in [3.05, 3.63) is 29.3 Å². The van der Waals surface area contributed by atoms with Crippen molar-refractivity contribution >= 4 is 22.9 Å². The third kappa shape index (κ3) is 2.18. The topological polar surface area (TPSA) is 29.3 Å². The molecule has 1 rings (SSSR count). The summed E-state index contributed by atoms with van der Waals surface area (Å²) < 4.78 is 0. The van der Waals surface area contributed by atoms with E-state index in [-0.39, 0.29) is 0 Å². The predicted octanol–water partition coefficient (Wildman–Crippen LogP) is 1.70. The first-order valence-corrected chi connectivity index (χ1v) is 4.51. The van der Waals surface area contributed by atoms with E-state index in [1.54, 1.807) is 0 Å². The number of benzene rings is 1. The lowest BCUT2D eigenvalue weighted by Crippen LogP contribution is -2.17. The van der Waals surface area contributed by atoms with E-state index in [0.29, 0.717) is 4.99 Å². The van der Waals surface area contributed by atoms with Crippen molar-refractivity contribution in [2.45, 2.75) is 6.92 Å². The zero-order valence-electron chi connectivity index (χ0n) is 8.16. The highest BCUT2D eigenvalue weighted by molar-refractivity contribution is 7.80. The number of hydrogen-bond acceptors (Lipinski definition) is 2. The number of rotatable bonds is 2. The van der Waals surface area contributed by atoms with Crippen molar-refractivity contribution in [2.24, 2.45) is 5.73 Å². The summed E-state index contributed by atoms with van der Waals surface area (Å²) in [5.74, 6) is 0. The molecule has 0 atom stereocenters. The molecule has 0 aromatic heterocycles. The molecule has 0 bridgehead atoms. The molecule has 13 heavy (non-hydrogen) atoms. The monoisotopic (exact) mass is 194 g/mol. The van der Waals surface area contributed by atoms with Gasteiger partial charge in [0.05, 0.1) is 0 Å². The van der Waals surface area contributed by atoms with Crippen molar-refractivity contribution in [2.75, 3.05) is 19.0 Å². The van der Waals surface area contributed by atoms with Crippen LogP contribution < -0.4 is 10.6 Å². The highest BCUT2D eigenvalue weighted by Gasteiger charge is 2.06. The van der Waals surface area contributed by atoms with Gasteiger partial charge in [0.15, 0.2) is 0 Å². The van der Waals surface area contributed by atoms with Gasteiger partial charge in [0, 0.05) is 25.3 Å². The predicted molar refractivity (Wildman–Crippen MR) is 61.4 cm³/mol. The zero-order chi connectivity index (χ0) is 10.0. The van der Waals surface area contributed by atoms with Gasteiger partial charge in [-0.3, -0.25) is 0 Å². The molecule has 0 unspecified atom stereocenters. The zero-order valence-corrected chi connectivity index (χ0v) is 8.98. The molecular formula is C10H14N2S. The maximum Gasteiger partial charge on any atom is 0.106 e. The van der Waals surface area contributed by atoms with E-state index in [2.05, 4.69) is 6.07 Å². The summed E-state index contributed by atoms with van der Waals surface area (Å²) in [7, 11) is 3.96. The summed E-state index contributed by atoms with van der Waals surface area (Å²) in [5.41, 5.74) is 8.81. The van der Waals surface area contributed by atoms with Gasteiger partial charge >= 0.3 is 0 Å². The second-order valence-electron chi connectivity index (χ2n) is 3.28. The van der Waals surface area contributed by atoms with E-state index in [1.165, 1.54) is 5.56 Å². The van der Waals surface area contributed by atoms with Gasteiger partial charge in [-0.2, -0.15) is 0 Å². The number of anilines is 1. The molecule has 0 amide bonds. The maximum absolute atomic E-state index is 5.63. The number of thiocarbonyl (C=S) groups is 1. The van der Waals surface area contributed by atoms with Gasteiger partial charge in [-0.1, -0.05) is 23.8 Å². The summed E-state index contributed by atoms with van der Waals surface area (Å²) >= 11 is 4.98. The molecule has 0 spiro atoms. The van der Waals surface area contributed by atoms with Crippen LogP contribution in [0.15, 0.2) is 18.2 Å². The number of aryl methyl sites for hydroxylation is 1. The standard InChI is InChI=1S/C10H14N2S/c1-7-4-5-9(12(2)3)8(6-7)10(11)13/h4-6H,1-3H3,(H2,11,13). The first-order chi connectivity index (χ1) is 6.02. The lowest BCUT2D eigenvalue weighted by atomic mass is 10.1. The van der Waals surface area contributed by atoms with Crippen molar-refractivity contribution < 1.29 is 0 Å². The molecule has 0 saturated heterocycles. The molecule has 0 fully saturated rings. The third-order valence-electron chi connectivity index (χ3n) is 1.90. The van der Waals surface area contributed by atoms with E-state index >= 15 is 0 Å². The van der Waals surface area contributed by atoms with Crippen LogP contribution in [0.25, 0.3) is 0 Å². The largest absolute Gasteiger partial charge is 0.389 e. The van der Waals surface area contributed by atoms with Crippen LogP contribution >= 0.6 is 12.2 Å². The van der Waals surface area contributed by atoms with Crippen molar-refractivity contribution in [3.8, 4) is 0 Å². The quantitative estimate of drug-likeness (QED) is 0.727. The first-order valence-electron chi connectivity index (χ1n) is 4.10. The average Bonchev–Trinajstić information content (AvgIpc) is 2.03. The molecule has 3 heteroatoms. The van der Waals surface area contributed by atoms with Crippen LogP contribution in [0.1, 0.15) is 11.1 Å². The Morgan fingerprint density at radius 2 is 2.00 bits per heavy atom. The Bertz CT molecular complexity index is 332. The third-order valence-corrected chi connectivity index (χ3v) is 2.12.